The van der Waals surface area contributed by atoms with Crippen LogP contribution in [-0.2, 0) is 11.8 Å². The Bertz CT molecular complexity index is 852. The first-order chi connectivity index (χ1) is 12.8. The topological polar surface area (TPSA) is 59.4 Å². The summed E-state index contributed by atoms with van der Waals surface area (Å²) in [5, 5.41) is 8.18. The van der Waals surface area contributed by atoms with Crippen LogP contribution in [0.4, 0.5) is 5.69 Å². The fraction of sp³-hybridized carbons (Fsp3) is 0.474. The number of morpholine rings is 1. The average molecular weight is 411 g/mol. The van der Waals surface area contributed by atoms with E-state index < -0.39 is 0 Å². The molecule has 1 N–H and O–H groups in total. The van der Waals surface area contributed by atoms with Crippen LogP contribution >= 0.6 is 23.2 Å². The van der Waals surface area contributed by atoms with Gasteiger partial charge in [0.05, 0.1) is 30.1 Å². The average Bonchev–Trinajstić information content (AvgIpc) is 2.62. The van der Waals surface area contributed by atoms with E-state index in [0.717, 1.165) is 18.7 Å². The van der Waals surface area contributed by atoms with E-state index in [1.807, 2.05) is 24.3 Å². The fourth-order valence-electron chi connectivity index (χ4n) is 3.30. The second-order valence-corrected chi connectivity index (χ2v) is 8.14. The van der Waals surface area contributed by atoms with E-state index in [1.54, 1.807) is 13.2 Å². The monoisotopic (exact) mass is 410 g/mol. The molecule has 3 rings (SSSR count). The predicted octanol–water partition coefficient (Wildman–Crippen LogP) is 3.35. The van der Waals surface area contributed by atoms with Crippen molar-refractivity contribution in [3.8, 4) is 0 Å². The van der Waals surface area contributed by atoms with E-state index in [-0.39, 0.29) is 22.2 Å². The zero-order chi connectivity index (χ0) is 19.6. The van der Waals surface area contributed by atoms with E-state index in [4.69, 9.17) is 27.9 Å². The van der Waals surface area contributed by atoms with Crippen molar-refractivity contribution in [2.75, 3.05) is 31.6 Å². The summed E-state index contributed by atoms with van der Waals surface area (Å²) in [7, 11) is 1.57. The van der Waals surface area contributed by atoms with Gasteiger partial charge in [0.2, 0.25) is 0 Å². The first-order valence-corrected chi connectivity index (χ1v) is 9.61. The van der Waals surface area contributed by atoms with Crippen LogP contribution in [0.2, 0.25) is 10.0 Å². The number of hydrogen-bond acceptors (Lipinski definition) is 5. The molecule has 0 bridgehead atoms. The summed E-state index contributed by atoms with van der Waals surface area (Å²) < 4.78 is 7.07. The van der Waals surface area contributed by atoms with Crippen LogP contribution < -0.4 is 10.9 Å². The molecule has 1 atom stereocenters. The lowest BCUT2D eigenvalue weighted by Gasteiger charge is -2.42. The molecule has 0 aliphatic carbocycles. The van der Waals surface area contributed by atoms with Crippen molar-refractivity contribution in [3.05, 3.63) is 56.4 Å². The van der Waals surface area contributed by atoms with Crippen molar-refractivity contribution in [1.29, 1.82) is 0 Å². The lowest BCUT2D eigenvalue weighted by Crippen LogP contribution is -2.50. The number of hydrogen-bond donors (Lipinski definition) is 1. The van der Waals surface area contributed by atoms with Gasteiger partial charge in [0, 0.05) is 31.7 Å². The van der Waals surface area contributed by atoms with Gasteiger partial charge in [-0.3, -0.25) is 9.69 Å². The van der Waals surface area contributed by atoms with Crippen LogP contribution in [0.5, 0.6) is 0 Å². The van der Waals surface area contributed by atoms with E-state index in [1.165, 1.54) is 4.68 Å². The molecule has 0 amide bonds. The molecular formula is C19H24Cl2N4O2. The van der Waals surface area contributed by atoms with Gasteiger partial charge in [-0.15, -0.1) is 0 Å². The molecule has 1 saturated heterocycles. The third-order valence-corrected chi connectivity index (χ3v) is 5.33. The molecule has 8 heteroatoms. The zero-order valence-electron chi connectivity index (χ0n) is 15.7. The molecule has 1 fully saturated rings. The molecule has 1 aliphatic heterocycles. The van der Waals surface area contributed by atoms with E-state index in [9.17, 15) is 4.79 Å². The highest BCUT2D eigenvalue weighted by atomic mass is 35.5. The molecule has 27 heavy (non-hydrogen) atoms. The van der Waals surface area contributed by atoms with E-state index >= 15 is 0 Å². The smallest absolute Gasteiger partial charge is 0.287 e. The standard InChI is InChI=1S/C19H24Cl2N4O2/c1-19(2)12-25(8-9-27-19)16(13-4-6-14(20)7-5-13)11-22-15-10-23-24(3)18(26)17(15)21/h4-7,10,16,22H,8-9,11-12H2,1-3H3. The van der Waals surface area contributed by atoms with Crippen LogP contribution in [0.15, 0.2) is 35.3 Å². The summed E-state index contributed by atoms with van der Waals surface area (Å²) in [6, 6.07) is 7.91. The number of nitrogens with one attached hydrogen (secondary N) is 1. The van der Waals surface area contributed by atoms with E-state index in [2.05, 4.69) is 29.2 Å². The second-order valence-electron chi connectivity index (χ2n) is 7.33. The molecule has 1 aliphatic rings. The summed E-state index contributed by atoms with van der Waals surface area (Å²) in [5.74, 6) is 0. The normalized spacial score (nSPS) is 18.3. The minimum atomic E-state index is -0.322. The molecule has 0 spiro atoms. The number of benzene rings is 1. The Hall–Kier alpha value is -1.60. The number of ether oxygens (including phenoxy) is 1. The van der Waals surface area contributed by atoms with Crippen molar-refractivity contribution >= 4 is 28.9 Å². The summed E-state index contributed by atoms with van der Waals surface area (Å²) in [4.78, 5) is 14.4. The quantitative estimate of drug-likeness (QED) is 0.818. The Morgan fingerprint density at radius 2 is 2.00 bits per heavy atom. The third kappa shape index (κ3) is 4.82. The van der Waals surface area contributed by atoms with Gasteiger partial charge in [0.1, 0.15) is 5.02 Å². The van der Waals surface area contributed by atoms with Gasteiger partial charge in [-0.1, -0.05) is 35.3 Å². The molecular weight excluding hydrogens is 387 g/mol. The maximum absolute atomic E-state index is 12.0. The molecule has 1 aromatic carbocycles. The molecule has 0 radical (unpaired) electrons. The highest BCUT2D eigenvalue weighted by Crippen LogP contribution is 2.28. The van der Waals surface area contributed by atoms with Crippen LogP contribution in [-0.4, -0.2) is 46.5 Å². The van der Waals surface area contributed by atoms with Gasteiger partial charge in [-0.25, -0.2) is 4.68 Å². The minimum absolute atomic E-state index is 0.0746. The summed E-state index contributed by atoms with van der Waals surface area (Å²) in [6.07, 6.45) is 1.58. The van der Waals surface area contributed by atoms with Gasteiger partial charge in [-0.2, -0.15) is 5.10 Å². The molecule has 6 nitrogen and oxygen atoms in total. The zero-order valence-corrected chi connectivity index (χ0v) is 17.2. The van der Waals surface area contributed by atoms with Gasteiger partial charge in [0.15, 0.2) is 0 Å². The lowest BCUT2D eigenvalue weighted by atomic mass is 10.0. The maximum atomic E-state index is 12.0. The largest absolute Gasteiger partial charge is 0.380 e. The van der Waals surface area contributed by atoms with Crippen LogP contribution in [0.1, 0.15) is 25.5 Å². The number of aromatic nitrogens is 2. The van der Waals surface area contributed by atoms with Gasteiger partial charge in [0.25, 0.3) is 5.56 Å². The van der Waals surface area contributed by atoms with Crippen LogP contribution in [0, 0.1) is 0 Å². The Morgan fingerprint density at radius 1 is 1.30 bits per heavy atom. The van der Waals surface area contributed by atoms with Crippen molar-refractivity contribution in [1.82, 2.24) is 14.7 Å². The summed E-state index contributed by atoms with van der Waals surface area (Å²) >= 11 is 12.3. The summed E-state index contributed by atoms with van der Waals surface area (Å²) in [5.41, 5.74) is 1.13. The molecule has 1 aromatic heterocycles. The first kappa shape index (κ1) is 20.1. The SMILES string of the molecule is Cn1ncc(NCC(c2ccc(Cl)cc2)N2CCOC(C)(C)C2)c(Cl)c1=O. The number of nitrogens with zero attached hydrogens (tertiary/aromatic N) is 3. The van der Waals surface area contributed by atoms with Crippen molar-refractivity contribution in [3.63, 3.8) is 0 Å². The second kappa shape index (κ2) is 8.19. The van der Waals surface area contributed by atoms with E-state index in [0.29, 0.717) is 23.9 Å². The first-order valence-electron chi connectivity index (χ1n) is 8.86. The molecule has 146 valence electrons. The predicted molar refractivity (Wildman–Crippen MR) is 109 cm³/mol. The number of halogens is 2. The number of aryl methyl sites for hydroxylation is 1. The summed E-state index contributed by atoms with van der Waals surface area (Å²) in [6.45, 7) is 7.05. The van der Waals surface area contributed by atoms with Gasteiger partial charge < -0.3 is 10.1 Å². The fourth-order valence-corrected chi connectivity index (χ4v) is 3.67. The Kier molecular flexibility index (Phi) is 6.11. The van der Waals surface area contributed by atoms with Crippen molar-refractivity contribution in [2.45, 2.75) is 25.5 Å². The molecule has 2 aromatic rings. The molecule has 2 heterocycles. The third-order valence-electron chi connectivity index (χ3n) is 4.71. The van der Waals surface area contributed by atoms with Crippen LogP contribution in [0.25, 0.3) is 0 Å². The van der Waals surface area contributed by atoms with Crippen molar-refractivity contribution in [2.24, 2.45) is 7.05 Å². The maximum Gasteiger partial charge on any atom is 0.287 e. The minimum Gasteiger partial charge on any atom is -0.380 e. The lowest BCUT2D eigenvalue weighted by molar-refractivity contribution is -0.0963. The Balaban J connectivity index is 1.85. The highest BCUT2D eigenvalue weighted by molar-refractivity contribution is 6.32. The van der Waals surface area contributed by atoms with Gasteiger partial charge >= 0.3 is 0 Å². The number of rotatable bonds is 5. The molecule has 1 unspecified atom stereocenters. The van der Waals surface area contributed by atoms with Crippen LogP contribution in [0.3, 0.4) is 0 Å². The number of anilines is 1. The molecule has 0 saturated carbocycles. The Morgan fingerprint density at radius 3 is 2.67 bits per heavy atom. The van der Waals surface area contributed by atoms with Crippen molar-refractivity contribution < 1.29 is 4.74 Å². The highest BCUT2D eigenvalue weighted by Gasteiger charge is 2.32. The Labute approximate surface area is 169 Å². The van der Waals surface area contributed by atoms with Gasteiger partial charge in [-0.05, 0) is 31.5 Å².